The van der Waals surface area contributed by atoms with Crippen molar-refractivity contribution in [2.45, 2.75) is 0 Å². The summed E-state index contributed by atoms with van der Waals surface area (Å²) in [4.78, 5) is 0. The smallest absolute Gasteiger partial charge is 0.0328 e. The zero-order valence-electron chi connectivity index (χ0n) is 12.1. The van der Waals surface area contributed by atoms with Gasteiger partial charge in [0.2, 0.25) is 0 Å². The first kappa shape index (κ1) is 13.7. The lowest BCUT2D eigenvalue weighted by Crippen LogP contribution is -1.94. The van der Waals surface area contributed by atoms with Crippen LogP contribution in [0.5, 0.6) is 0 Å². The van der Waals surface area contributed by atoms with Gasteiger partial charge in [-0.05, 0) is 23.3 Å². The normalized spacial score (nSPS) is 9.73. The molecule has 0 saturated heterocycles. The van der Waals surface area contributed by atoms with E-state index >= 15 is 0 Å². The van der Waals surface area contributed by atoms with Crippen molar-refractivity contribution in [3.8, 4) is 46.9 Å². The van der Waals surface area contributed by atoms with Gasteiger partial charge in [0, 0.05) is 22.3 Å². The Morgan fingerprint density at radius 2 is 0.864 bits per heavy atom. The third-order valence-electron chi connectivity index (χ3n) is 3.64. The molecular formula is C22H14. The maximum Gasteiger partial charge on any atom is 0.0328 e. The third-order valence-corrected chi connectivity index (χ3v) is 3.64. The molecule has 0 heterocycles. The van der Waals surface area contributed by atoms with Crippen LogP contribution in [0, 0.1) is 24.7 Å². The van der Waals surface area contributed by atoms with Crippen molar-refractivity contribution in [2.75, 3.05) is 0 Å². The van der Waals surface area contributed by atoms with Crippen molar-refractivity contribution >= 4 is 0 Å². The number of terminal acetylenes is 2. The molecule has 0 aliphatic carbocycles. The molecular weight excluding hydrogens is 264 g/mol. The predicted octanol–water partition coefficient (Wildman–Crippen LogP) is 4.98. The first-order valence-electron chi connectivity index (χ1n) is 7.06. The van der Waals surface area contributed by atoms with Gasteiger partial charge in [-0.1, -0.05) is 72.5 Å². The van der Waals surface area contributed by atoms with Gasteiger partial charge in [-0.25, -0.2) is 0 Å². The minimum atomic E-state index is 0.851. The van der Waals surface area contributed by atoms with Gasteiger partial charge >= 0.3 is 0 Å². The Morgan fingerprint density at radius 1 is 0.500 bits per heavy atom. The van der Waals surface area contributed by atoms with E-state index in [-0.39, 0.29) is 0 Å². The molecule has 0 atom stereocenters. The highest BCUT2D eigenvalue weighted by Gasteiger charge is 2.14. The molecule has 3 aromatic carbocycles. The van der Waals surface area contributed by atoms with Crippen LogP contribution in [0.15, 0.2) is 72.8 Å². The molecule has 0 N–H and O–H groups in total. The highest BCUT2D eigenvalue weighted by molar-refractivity contribution is 5.91. The Kier molecular flexibility index (Phi) is 3.78. The molecule has 0 spiro atoms. The lowest BCUT2D eigenvalue weighted by Gasteiger charge is -2.15. The molecule has 0 aliphatic rings. The summed E-state index contributed by atoms with van der Waals surface area (Å²) in [5.74, 6) is 5.57. The summed E-state index contributed by atoms with van der Waals surface area (Å²) in [5, 5.41) is 0. The molecule has 0 nitrogen and oxygen atoms in total. The zero-order chi connectivity index (χ0) is 15.4. The molecule has 0 saturated carbocycles. The van der Waals surface area contributed by atoms with Crippen LogP contribution >= 0.6 is 0 Å². The van der Waals surface area contributed by atoms with E-state index in [1.54, 1.807) is 0 Å². The van der Waals surface area contributed by atoms with Crippen LogP contribution in [0.25, 0.3) is 22.3 Å². The molecule has 3 rings (SSSR count). The SMILES string of the molecule is C#Cc1ccc(C#C)c(-c2ccccc2)c1-c1ccccc1. The van der Waals surface area contributed by atoms with Crippen LogP contribution < -0.4 is 0 Å². The van der Waals surface area contributed by atoms with E-state index in [0.717, 1.165) is 33.4 Å². The molecule has 0 radical (unpaired) electrons. The molecule has 0 aliphatic heterocycles. The summed E-state index contributed by atoms with van der Waals surface area (Å²) in [7, 11) is 0. The van der Waals surface area contributed by atoms with Crippen LogP contribution in [-0.2, 0) is 0 Å². The van der Waals surface area contributed by atoms with Gasteiger partial charge in [0.15, 0.2) is 0 Å². The van der Waals surface area contributed by atoms with E-state index in [1.807, 2.05) is 48.5 Å². The average molecular weight is 278 g/mol. The van der Waals surface area contributed by atoms with Crippen molar-refractivity contribution in [1.82, 2.24) is 0 Å². The van der Waals surface area contributed by atoms with Crippen molar-refractivity contribution in [3.05, 3.63) is 83.9 Å². The second-order valence-electron chi connectivity index (χ2n) is 4.93. The van der Waals surface area contributed by atoms with Crippen LogP contribution in [0.2, 0.25) is 0 Å². The second-order valence-corrected chi connectivity index (χ2v) is 4.93. The molecule has 0 heteroatoms. The van der Waals surface area contributed by atoms with Gasteiger partial charge in [0.1, 0.15) is 0 Å². The van der Waals surface area contributed by atoms with Crippen molar-refractivity contribution in [2.24, 2.45) is 0 Å². The molecule has 0 amide bonds. The molecule has 0 unspecified atom stereocenters. The Bertz CT molecular complexity index is 797. The number of rotatable bonds is 2. The molecule has 0 fully saturated rings. The Labute approximate surface area is 131 Å². The molecule has 3 aromatic rings. The monoisotopic (exact) mass is 278 g/mol. The molecule has 22 heavy (non-hydrogen) atoms. The lowest BCUT2D eigenvalue weighted by atomic mass is 9.87. The van der Waals surface area contributed by atoms with E-state index in [1.165, 1.54) is 0 Å². The second kappa shape index (κ2) is 6.04. The van der Waals surface area contributed by atoms with Gasteiger partial charge in [-0.2, -0.15) is 0 Å². The van der Waals surface area contributed by atoms with Crippen molar-refractivity contribution in [1.29, 1.82) is 0 Å². The van der Waals surface area contributed by atoms with Crippen molar-refractivity contribution < 1.29 is 0 Å². The van der Waals surface area contributed by atoms with Gasteiger partial charge in [-0.3, -0.25) is 0 Å². The fraction of sp³-hybridized carbons (Fsp3) is 0. The van der Waals surface area contributed by atoms with Crippen molar-refractivity contribution in [3.63, 3.8) is 0 Å². The highest BCUT2D eigenvalue weighted by atomic mass is 14.2. The summed E-state index contributed by atoms with van der Waals surface area (Å²) in [6, 6.07) is 24.1. The number of hydrogen-bond donors (Lipinski definition) is 0. The minimum absolute atomic E-state index is 0.851. The van der Waals surface area contributed by atoms with E-state index in [2.05, 4.69) is 36.1 Å². The van der Waals surface area contributed by atoms with Crippen LogP contribution in [-0.4, -0.2) is 0 Å². The molecule has 0 aromatic heterocycles. The average Bonchev–Trinajstić information content (AvgIpc) is 2.61. The maximum absolute atomic E-state index is 5.72. The third kappa shape index (κ3) is 2.39. The molecule has 102 valence electrons. The Morgan fingerprint density at radius 3 is 1.18 bits per heavy atom. The van der Waals surface area contributed by atoms with Gasteiger partial charge in [0.05, 0.1) is 0 Å². The van der Waals surface area contributed by atoms with E-state index in [0.29, 0.717) is 0 Å². The summed E-state index contributed by atoms with van der Waals surface area (Å²) in [5.41, 5.74) is 5.89. The predicted molar refractivity (Wildman–Crippen MR) is 93.2 cm³/mol. The standard InChI is InChI=1S/C22H14/c1-3-17-15-16-18(4-2)22(20-13-9-6-10-14-20)21(17)19-11-7-5-8-12-19/h1-2,5-16H. The number of benzene rings is 3. The lowest BCUT2D eigenvalue weighted by molar-refractivity contribution is 1.53. The molecule has 0 bridgehead atoms. The topological polar surface area (TPSA) is 0 Å². The van der Waals surface area contributed by atoms with Crippen LogP contribution in [0.1, 0.15) is 11.1 Å². The van der Waals surface area contributed by atoms with E-state index in [4.69, 9.17) is 12.8 Å². The Hall–Kier alpha value is -3.22. The van der Waals surface area contributed by atoms with Gasteiger partial charge in [0.25, 0.3) is 0 Å². The largest absolute Gasteiger partial charge is 0.115 e. The van der Waals surface area contributed by atoms with Gasteiger partial charge in [-0.15, -0.1) is 12.8 Å². The van der Waals surface area contributed by atoms with Crippen LogP contribution in [0.3, 0.4) is 0 Å². The Balaban J connectivity index is 2.41. The summed E-state index contributed by atoms with van der Waals surface area (Å²) in [6.45, 7) is 0. The first-order valence-corrected chi connectivity index (χ1v) is 7.06. The highest BCUT2D eigenvalue weighted by Crippen LogP contribution is 2.37. The fourth-order valence-electron chi connectivity index (χ4n) is 2.65. The van der Waals surface area contributed by atoms with E-state index < -0.39 is 0 Å². The first-order chi connectivity index (χ1) is 10.8. The van der Waals surface area contributed by atoms with E-state index in [9.17, 15) is 0 Å². The zero-order valence-corrected chi connectivity index (χ0v) is 12.1. The maximum atomic E-state index is 5.72. The van der Waals surface area contributed by atoms with Crippen LogP contribution in [0.4, 0.5) is 0 Å². The summed E-state index contributed by atoms with van der Waals surface area (Å²) < 4.78 is 0. The number of hydrogen-bond acceptors (Lipinski definition) is 0. The summed E-state index contributed by atoms with van der Waals surface area (Å²) in [6.07, 6.45) is 11.4. The summed E-state index contributed by atoms with van der Waals surface area (Å²) >= 11 is 0. The quantitative estimate of drug-likeness (QED) is 0.580. The minimum Gasteiger partial charge on any atom is -0.115 e. The fourth-order valence-corrected chi connectivity index (χ4v) is 2.65. The van der Waals surface area contributed by atoms with Gasteiger partial charge < -0.3 is 0 Å².